The first kappa shape index (κ1) is 11.0. The maximum Gasteiger partial charge on any atom is 0.238 e. The zero-order chi connectivity index (χ0) is 11.4. The lowest BCUT2D eigenvalue weighted by Crippen LogP contribution is -2.40. The summed E-state index contributed by atoms with van der Waals surface area (Å²) in [6.45, 7) is 0. The Morgan fingerprint density at radius 1 is 1.12 bits per heavy atom. The molecule has 0 fully saturated rings. The SMILES string of the molecule is O=CC(c1cccc(Br)c1)[n+]1ccccc1. The lowest BCUT2D eigenvalue weighted by molar-refractivity contribution is -0.698. The second-order valence-electron chi connectivity index (χ2n) is 3.46. The summed E-state index contributed by atoms with van der Waals surface area (Å²) in [6.07, 6.45) is 4.72. The van der Waals surface area contributed by atoms with E-state index in [1.165, 1.54) is 0 Å². The van der Waals surface area contributed by atoms with Gasteiger partial charge in [0.25, 0.3) is 0 Å². The zero-order valence-electron chi connectivity index (χ0n) is 8.58. The molecule has 1 heterocycles. The molecule has 0 bridgehead atoms. The molecule has 16 heavy (non-hydrogen) atoms. The van der Waals surface area contributed by atoms with Gasteiger partial charge in [0.05, 0.1) is 0 Å². The molecule has 0 aliphatic rings. The number of carbonyl (C=O) groups excluding carboxylic acids is 1. The number of aldehydes is 1. The lowest BCUT2D eigenvalue weighted by Gasteiger charge is -2.06. The standard InChI is InChI=1S/C13H11BrNO/c14-12-6-4-5-11(9-12)13(10-16)15-7-2-1-3-8-15/h1-10,13H/q+1. The second kappa shape index (κ2) is 5.03. The smallest absolute Gasteiger partial charge is 0.238 e. The van der Waals surface area contributed by atoms with Gasteiger partial charge in [-0.05, 0) is 12.1 Å². The summed E-state index contributed by atoms with van der Waals surface area (Å²) in [5.74, 6) is 0. The van der Waals surface area contributed by atoms with Crippen LogP contribution in [0.2, 0.25) is 0 Å². The lowest BCUT2D eigenvalue weighted by atomic mass is 10.1. The molecule has 1 atom stereocenters. The van der Waals surface area contributed by atoms with Gasteiger partial charge in [0.15, 0.2) is 18.7 Å². The minimum Gasteiger partial charge on any atom is -0.296 e. The number of rotatable bonds is 3. The topological polar surface area (TPSA) is 20.9 Å². The third-order valence-corrected chi connectivity index (χ3v) is 2.87. The van der Waals surface area contributed by atoms with Crippen LogP contribution in [0.1, 0.15) is 11.6 Å². The van der Waals surface area contributed by atoms with Gasteiger partial charge in [0.1, 0.15) is 0 Å². The molecule has 0 aliphatic carbocycles. The Morgan fingerprint density at radius 2 is 1.88 bits per heavy atom. The average Bonchev–Trinajstić information content (AvgIpc) is 2.31. The number of hydrogen-bond donors (Lipinski definition) is 0. The van der Waals surface area contributed by atoms with Crippen LogP contribution in [0.25, 0.3) is 0 Å². The van der Waals surface area contributed by atoms with Gasteiger partial charge < -0.3 is 0 Å². The molecule has 0 N–H and O–H groups in total. The van der Waals surface area contributed by atoms with Gasteiger partial charge in [-0.15, -0.1) is 0 Å². The minimum absolute atomic E-state index is 0.265. The molecule has 2 rings (SSSR count). The van der Waals surface area contributed by atoms with Crippen molar-refractivity contribution in [1.82, 2.24) is 0 Å². The fraction of sp³-hybridized carbons (Fsp3) is 0.0769. The van der Waals surface area contributed by atoms with E-state index >= 15 is 0 Å². The molecule has 2 nitrogen and oxygen atoms in total. The number of carbonyl (C=O) groups is 1. The van der Waals surface area contributed by atoms with Crippen LogP contribution < -0.4 is 4.57 Å². The zero-order valence-corrected chi connectivity index (χ0v) is 10.2. The molecule has 0 radical (unpaired) electrons. The fourth-order valence-corrected chi connectivity index (χ4v) is 2.03. The minimum atomic E-state index is -0.265. The first-order chi connectivity index (χ1) is 7.81. The van der Waals surface area contributed by atoms with Crippen LogP contribution in [-0.2, 0) is 4.79 Å². The van der Waals surface area contributed by atoms with Crippen LogP contribution in [0.15, 0.2) is 59.3 Å². The molecule has 1 aromatic heterocycles. The quantitative estimate of drug-likeness (QED) is 0.624. The van der Waals surface area contributed by atoms with Gasteiger partial charge in [-0.3, -0.25) is 4.79 Å². The first-order valence-electron chi connectivity index (χ1n) is 4.98. The number of nitrogens with zero attached hydrogens (tertiary/aromatic N) is 1. The number of pyridine rings is 1. The molecule has 0 saturated carbocycles. The highest BCUT2D eigenvalue weighted by molar-refractivity contribution is 9.10. The number of benzene rings is 1. The highest BCUT2D eigenvalue weighted by Gasteiger charge is 2.19. The molecular weight excluding hydrogens is 266 g/mol. The molecule has 1 unspecified atom stereocenters. The van der Waals surface area contributed by atoms with Crippen LogP contribution in [0.5, 0.6) is 0 Å². The Hall–Kier alpha value is -1.48. The van der Waals surface area contributed by atoms with Gasteiger partial charge in [-0.2, -0.15) is 4.57 Å². The van der Waals surface area contributed by atoms with E-state index in [2.05, 4.69) is 15.9 Å². The summed E-state index contributed by atoms with van der Waals surface area (Å²) in [6, 6.07) is 13.3. The Kier molecular flexibility index (Phi) is 3.47. The summed E-state index contributed by atoms with van der Waals surface area (Å²) < 4.78 is 2.86. The first-order valence-corrected chi connectivity index (χ1v) is 5.77. The molecule has 0 aliphatic heterocycles. The van der Waals surface area contributed by atoms with Gasteiger partial charge in [-0.1, -0.05) is 34.1 Å². The Balaban J connectivity index is 2.41. The molecule has 1 aromatic carbocycles. The van der Waals surface area contributed by atoms with Crippen molar-refractivity contribution >= 4 is 22.2 Å². The van der Waals surface area contributed by atoms with Crippen molar-refractivity contribution < 1.29 is 9.36 Å². The van der Waals surface area contributed by atoms with Crippen molar-refractivity contribution in [3.63, 3.8) is 0 Å². The Bertz CT molecular complexity index is 484. The van der Waals surface area contributed by atoms with E-state index in [9.17, 15) is 4.79 Å². The van der Waals surface area contributed by atoms with Crippen molar-refractivity contribution in [2.75, 3.05) is 0 Å². The van der Waals surface area contributed by atoms with Crippen LogP contribution in [0.4, 0.5) is 0 Å². The average molecular weight is 277 g/mol. The van der Waals surface area contributed by atoms with E-state index < -0.39 is 0 Å². The molecule has 0 spiro atoms. The van der Waals surface area contributed by atoms with Crippen molar-refractivity contribution in [1.29, 1.82) is 0 Å². The van der Waals surface area contributed by atoms with E-state index in [0.717, 1.165) is 16.3 Å². The van der Waals surface area contributed by atoms with Crippen LogP contribution >= 0.6 is 15.9 Å². The maximum absolute atomic E-state index is 11.2. The number of hydrogen-bond acceptors (Lipinski definition) is 1. The van der Waals surface area contributed by atoms with Gasteiger partial charge >= 0.3 is 0 Å². The summed E-state index contributed by atoms with van der Waals surface area (Å²) >= 11 is 3.41. The van der Waals surface area contributed by atoms with Gasteiger partial charge in [0, 0.05) is 22.2 Å². The molecule has 0 amide bonds. The predicted molar refractivity (Wildman–Crippen MR) is 65.0 cm³/mol. The highest BCUT2D eigenvalue weighted by Crippen LogP contribution is 2.16. The van der Waals surface area contributed by atoms with Crippen LogP contribution in [0, 0.1) is 0 Å². The van der Waals surface area contributed by atoms with E-state index in [1.54, 1.807) is 0 Å². The third-order valence-electron chi connectivity index (χ3n) is 2.38. The number of aromatic nitrogens is 1. The van der Waals surface area contributed by atoms with Crippen molar-refractivity contribution in [2.45, 2.75) is 6.04 Å². The predicted octanol–water partition coefficient (Wildman–Crippen LogP) is 2.52. The number of halogens is 1. The highest BCUT2D eigenvalue weighted by atomic mass is 79.9. The molecule has 80 valence electrons. The van der Waals surface area contributed by atoms with Crippen molar-refractivity contribution in [2.24, 2.45) is 0 Å². The third kappa shape index (κ3) is 2.36. The Morgan fingerprint density at radius 3 is 2.50 bits per heavy atom. The Labute approximate surface area is 103 Å². The monoisotopic (exact) mass is 276 g/mol. The molecule has 2 aromatic rings. The van der Waals surface area contributed by atoms with E-state index in [4.69, 9.17) is 0 Å². The largest absolute Gasteiger partial charge is 0.296 e. The van der Waals surface area contributed by atoms with Crippen LogP contribution in [0.3, 0.4) is 0 Å². The van der Waals surface area contributed by atoms with Crippen molar-refractivity contribution in [3.05, 3.63) is 64.9 Å². The van der Waals surface area contributed by atoms with E-state index in [1.807, 2.05) is 59.4 Å². The molecule has 3 heteroatoms. The fourth-order valence-electron chi connectivity index (χ4n) is 1.61. The molecular formula is C13H11BrNO+. The summed E-state index contributed by atoms with van der Waals surface area (Å²) in [5, 5.41) is 0. The van der Waals surface area contributed by atoms with Crippen molar-refractivity contribution in [3.8, 4) is 0 Å². The van der Waals surface area contributed by atoms with E-state index in [0.29, 0.717) is 0 Å². The second-order valence-corrected chi connectivity index (χ2v) is 4.37. The van der Waals surface area contributed by atoms with Gasteiger partial charge in [-0.25, -0.2) is 0 Å². The normalized spacial score (nSPS) is 12.1. The summed E-state index contributed by atoms with van der Waals surface area (Å²) in [4.78, 5) is 11.2. The van der Waals surface area contributed by atoms with Crippen LogP contribution in [-0.4, -0.2) is 6.29 Å². The maximum atomic E-state index is 11.2. The van der Waals surface area contributed by atoms with Gasteiger partial charge in [0.2, 0.25) is 6.04 Å². The van der Waals surface area contributed by atoms with E-state index in [-0.39, 0.29) is 6.04 Å². The summed E-state index contributed by atoms with van der Waals surface area (Å²) in [7, 11) is 0. The molecule has 0 saturated heterocycles. The summed E-state index contributed by atoms with van der Waals surface area (Å²) in [5.41, 5.74) is 0.973.